The highest BCUT2D eigenvalue weighted by Gasteiger charge is 2.06. The second kappa shape index (κ2) is 11.5. The Kier molecular flexibility index (Phi) is 10.0. The summed E-state index contributed by atoms with van der Waals surface area (Å²) < 4.78 is 3.04. The van der Waals surface area contributed by atoms with Gasteiger partial charge in [0.1, 0.15) is 0 Å². The molecule has 0 spiro atoms. The van der Waals surface area contributed by atoms with Gasteiger partial charge in [-0.15, -0.1) is 24.0 Å². The van der Waals surface area contributed by atoms with Crippen LogP contribution in [0.4, 0.5) is 0 Å². The van der Waals surface area contributed by atoms with E-state index in [0.29, 0.717) is 0 Å². The molecule has 1 N–H and O–H groups in total. The summed E-state index contributed by atoms with van der Waals surface area (Å²) in [6.07, 6.45) is 4.76. The van der Waals surface area contributed by atoms with Crippen LogP contribution in [0.15, 0.2) is 52.2 Å². The van der Waals surface area contributed by atoms with E-state index in [2.05, 4.69) is 69.5 Å². The molecule has 0 fully saturated rings. The van der Waals surface area contributed by atoms with Crippen LogP contribution in [0.2, 0.25) is 0 Å². The number of nitrogens with zero attached hydrogens (tertiary/aromatic N) is 4. The van der Waals surface area contributed by atoms with Gasteiger partial charge >= 0.3 is 0 Å². The molecule has 0 saturated carbocycles. The van der Waals surface area contributed by atoms with Gasteiger partial charge in [-0.05, 0) is 37.1 Å². The third-order valence-electron chi connectivity index (χ3n) is 3.40. The van der Waals surface area contributed by atoms with Crippen molar-refractivity contribution in [3.63, 3.8) is 0 Å². The summed E-state index contributed by atoms with van der Waals surface area (Å²) in [4.78, 5) is 6.86. The minimum absolute atomic E-state index is 0. The van der Waals surface area contributed by atoms with E-state index in [-0.39, 0.29) is 24.0 Å². The zero-order valence-electron chi connectivity index (χ0n) is 14.2. The van der Waals surface area contributed by atoms with E-state index in [9.17, 15) is 0 Å². The SMILES string of the molecule is CCNC(=NCCCn1cccn1)N(C)Cc1ccc(Br)cc1.I. The number of halogens is 2. The Hall–Kier alpha value is -1.09. The minimum Gasteiger partial charge on any atom is -0.357 e. The van der Waals surface area contributed by atoms with Gasteiger partial charge in [0.25, 0.3) is 0 Å². The van der Waals surface area contributed by atoms with E-state index < -0.39 is 0 Å². The van der Waals surface area contributed by atoms with E-state index in [1.165, 1.54) is 5.56 Å². The number of aromatic nitrogens is 2. The summed E-state index contributed by atoms with van der Waals surface area (Å²) >= 11 is 3.47. The smallest absolute Gasteiger partial charge is 0.193 e. The number of nitrogens with one attached hydrogen (secondary N) is 1. The summed E-state index contributed by atoms with van der Waals surface area (Å²) in [5, 5.41) is 7.56. The van der Waals surface area contributed by atoms with Gasteiger partial charge in [-0.1, -0.05) is 28.1 Å². The lowest BCUT2D eigenvalue weighted by Crippen LogP contribution is -2.38. The number of rotatable bonds is 7. The zero-order valence-corrected chi connectivity index (χ0v) is 18.1. The Morgan fingerprint density at radius 1 is 1.33 bits per heavy atom. The Bertz CT molecular complexity index is 598. The highest BCUT2D eigenvalue weighted by Crippen LogP contribution is 2.11. The summed E-state index contributed by atoms with van der Waals surface area (Å²) in [7, 11) is 2.07. The maximum atomic E-state index is 4.71. The average Bonchev–Trinajstić information content (AvgIpc) is 3.06. The molecule has 0 radical (unpaired) electrons. The topological polar surface area (TPSA) is 45.5 Å². The predicted octanol–water partition coefficient (Wildman–Crippen LogP) is 3.75. The average molecular weight is 506 g/mol. The van der Waals surface area contributed by atoms with Gasteiger partial charge in [0.05, 0.1) is 0 Å². The lowest BCUT2D eigenvalue weighted by molar-refractivity contribution is 0.475. The van der Waals surface area contributed by atoms with E-state index in [0.717, 1.165) is 43.0 Å². The standard InChI is InChI=1S/C17H24BrN5.HI/c1-3-19-17(20-10-4-12-23-13-5-11-21-23)22(2)14-15-6-8-16(18)9-7-15;/h5-9,11,13H,3-4,10,12,14H2,1-2H3,(H,19,20);1H. The highest BCUT2D eigenvalue weighted by molar-refractivity contribution is 14.0. The van der Waals surface area contributed by atoms with Crippen molar-refractivity contribution < 1.29 is 0 Å². The summed E-state index contributed by atoms with van der Waals surface area (Å²) in [5.74, 6) is 0.941. The molecule has 0 amide bonds. The molecule has 2 rings (SSSR count). The molecule has 0 atom stereocenters. The van der Waals surface area contributed by atoms with Gasteiger partial charge in [-0.2, -0.15) is 5.10 Å². The van der Waals surface area contributed by atoms with Crippen LogP contribution in [0.1, 0.15) is 18.9 Å². The molecule has 7 heteroatoms. The first-order valence-corrected chi connectivity index (χ1v) is 8.69. The Morgan fingerprint density at radius 3 is 2.71 bits per heavy atom. The number of aliphatic imine (C=N–C) groups is 1. The van der Waals surface area contributed by atoms with E-state index in [4.69, 9.17) is 4.99 Å². The van der Waals surface area contributed by atoms with Gasteiger partial charge in [-0.25, -0.2) is 0 Å². The number of guanidine groups is 1. The molecule has 2 aromatic rings. The third kappa shape index (κ3) is 7.21. The van der Waals surface area contributed by atoms with Crippen LogP contribution in [0.3, 0.4) is 0 Å². The van der Waals surface area contributed by atoms with Crippen molar-refractivity contribution in [3.05, 3.63) is 52.8 Å². The monoisotopic (exact) mass is 505 g/mol. The maximum Gasteiger partial charge on any atom is 0.193 e. The fourth-order valence-corrected chi connectivity index (χ4v) is 2.52. The Balaban J connectivity index is 0.00000288. The first kappa shape index (κ1) is 21.0. The van der Waals surface area contributed by atoms with Crippen LogP contribution in [-0.4, -0.2) is 40.8 Å². The van der Waals surface area contributed by atoms with Crippen LogP contribution < -0.4 is 5.32 Å². The van der Waals surface area contributed by atoms with Crippen molar-refractivity contribution in [2.24, 2.45) is 4.99 Å². The molecule has 0 aliphatic rings. The van der Waals surface area contributed by atoms with Gasteiger partial charge in [0, 0.05) is 50.1 Å². The van der Waals surface area contributed by atoms with Gasteiger partial charge < -0.3 is 10.2 Å². The predicted molar refractivity (Wildman–Crippen MR) is 114 cm³/mol. The molecule has 0 bridgehead atoms. The number of hydrogen-bond donors (Lipinski definition) is 1. The molecule has 1 heterocycles. The largest absolute Gasteiger partial charge is 0.357 e. The molecular weight excluding hydrogens is 481 g/mol. The van der Waals surface area contributed by atoms with Crippen LogP contribution >= 0.6 is 39.9 Å². The lowest BCUT2D eigenvalue weighted by atomic mass is 10.2. The van der Waals surface area contributed by atoms with Crippen molar-refractivity contribution in [3.8, 4) is 0 Å². The number of hydrogen-bond acceptors (Lipinski definition) is 2. The second-order valence-electron chi connectivity index (χ2n) is 5.34. The molecule has 0 aliphatic heterocycles. The maximum absolute atomic E-state index is 4.71. The quantitative estimate of drug-likeness (QED) is 0.270. The first-order valence-electron chi connectivity index (χ1n) is 7.90. The van der Waals surface area contributed by atoms with Crippen LogP contribution in [0.25, 0.3) is 0 Å². The fraction of sp³-hybridized carbons (Fsp3) is 0.412. The Labute approximate surface area is 169 Å². The normalized spacial score (nSPS) is 11.0. The minimum atomic E-state index is 0. The van der Waals surface area contributed by atoms with Gasteiger partial charge in [0.15, 0.2) is 5.96 Å². The molecule has 1 aromatic carbocycles. The van der Waals surface area contributed by atoms with Crippen LogP contribution in [0, 0.1) is 0 Å². The van der Waals surface area contributed by atoms with Crippen molar-refractivity contribution in [1.82, 2.24) is 20.0 Å². The van der Waals surface area contributed by atoms with Crippen molar-refractivity contribution in [1.29, 1.82) is 0 Å². The van der Waals surface area contributed by atoms with E-state index in [1.54, 1.807) is 6.20 Å². The van der Waals surface area contributed by atoms with Gasteiger partial charge in [-0.3, -0.25) is 9.67 Å². The summed E-state index contributed by atoms with van der Waals surface area (Å²) in [6, 6.07) is 10.3. The zero-order chi connectivity index (χ0) is 16.5. The van der Waals surface area contributed by atoms with Crippen molar-refractivity contribution in [2.75, 3.05) is 20.1 Å². The second-order valence-corrected chi connectivity index (χ2v) is 6.26. The molecule has 1 aromatic heterocycles. The summed E-state index contributed by atoms with van der Waals surface area (Å²) in [6.45, 7) is 5.47. The van der Waals surface area contributed by atoms with Crippen LogP contribution in [0.5, 0.6) is 0 Å². The van der Waals surface area contributed by atoms with Crippen molar-refractivity contribution >= 4 is 45.9 Å². The number of aryl methyl sites for hydroxylation is 1. The highest BCUT2D eigenvalue weighted by atomic mass is 127. The molecular formula is C17H25BrIN5. The molecule has 5 nitrogen and oxygen atoms in total. The summed E-state index contributed by atoms with van der Waals surface area (Å²) in [5.41, 5.74) is 1.26. The number of benzene rings is 1. The Morgan fingerprint density at radius 2 is 2.08 bits per heavy atom. The van der Waals surface area contributed by atoms with Gasteiger partial charge in [0.2, 0.25) is 0 Å². The third-order valence-corrected chi connectivity index (χ3v) is 3.92. The van der Waals surface area contributed by atoms with Crippen LogP contribution in [-0.2, 0) is 13.1 Å². The molecule has 24 heavy (non-hydrogen) atoms. The van der Waals surface area contributed by atoms with E-state index >= 15 is 0 Å². The molecule has 0 aliphatic carbocycles. The molecule has 132 valence electrons. The van der Waals surface area contributed by atoms with E-state index in [1.807, 2.05) is 16.9 Å². The molecule has 0 saturated heterocycles. The first-order chi connectivity index (χ1) is 11.2. The lowest BCUT2D eigenvalue weighted by Gasteiger charge is -2.22. The molecule has 0 unspecified atom stereocenters. The van der Waals surface area contributed by atoms with Crippen molar-refractivity contribution in [2.45, 2.75) is 26.4 Å². The fourth-order valence-electron chi connectivity index (χ4n) is 2.26.